The Hall–Kier alpha value is -2.50. The molecule has 0 aromatic heterocycles. The number of hydrogen-bond acceptors (Lipinski definition) is 2. The lowest BCUT2D eigenvalue weighted by atomic mass is 10.0. The van der Waals surface area contributed by atoms with Crippen LogP contribution in [0.25, 0.3) is 0 Å². The molecule has 1 atom stereocenters. The Bertz CT molecular complexity index is 696. The van der Waals surface area contributed by atoms with Gasteiger partial charge < -0.3 is 10.1 Å². The second-order valence-electron chi connectivity index (χ2n) is 5.28. The fourth-order valence-corrected chi connectivity index (χ4v) is 2.22. The van der Waals surface area contributed by atoms with Crippen LogP contribution in [0.2, 0.25) is 0 Å². The van der Waals surface area contributed by atoms with Gasteiger partial charge in [0.1, 0.15) is 5.75 Å². The third-order valence-corrected chi connectivity index (χ3v) is 3.49. The van der Waals surface area contributed by atoms with Crippen molar-refractivity contribution < 1.29 is 22.7 Å². The first-order valence-electron chi connectivity index (χ1n) is 7.52. The number of hydrogen-bond donors (Lipinski definition) is 1. The number of ether oxygens (including phenoxy) is 1. The standard InChI is InChI=1S/C18H18F3NO2/c1-3-24-16-9-7-13(8-10-16)17(23)22-12(2)14-5-4-6-15(11-14)18(19,20)21/h4-12H,3H2,1-2H3,(H,22,23). The molecule has 0 spiro atoms. The smallest absolute Gasteiger partial charge is 0.416 e. The van der Waals surface area contributed by atoms with Gasteiger partial charge in [0.25, 0.3) is 5.91 Å². The van der Waals surface area contributed by atoms with E-state index >= 15 is 0 Å². The minimum atomic E-state index is -4.41. The van der Waals surface area contributed by atoms with E-state index in [9.17, 15) is 18.0 Å². The molecule has 0 radical (unpaired) electrons. The summed E-state index contributed by atoms with van der Waals surface area (Å²) in [6.45, 7) is 4.03. The van der Waals surface area contributed by atoms with Gasteiger partial charge in [0, 0.05) is 5.56 Å². The fourth-order valence-electron chi connectivity index (χ4n) is 2.22. The van der Waals surface area contributed by atoms with E-state index in [-0.39, 0.29) is 5.91 Å². The van der Waals surface area contributed by atoms with E-state index < -0.39 is 17.8 Å². The summed E-state index contributed by atoms with van der Waals surface area (Å²) in [4.78, 5) is 12.2. The van der Waals surface area contributed by atoms with Gasteiger partial charge in [-0.1, -0.05) is 12.1 Å². The van der Waals surface area contributed by atoms with Crippen molar-refractivity contribution in [3.8, 4) is 5.75 Å². The SMILES string of the molecule is CCOc1ccc(C(=O)NC(C)c2cccc(C(F)(F)F)c2)cc1. The van der Waals surface area contributed by atoms with E-state index in [4.69, 9.17) is 4.74 Å². The molecule has 0 fully saturated rings. The van der Waals surface area contributed by atoms with Crippen LogP contribution >= 0.6 is 0 Å². The molecule has 2 aromatic carbocycles. The predicted octanol–water partition coefficient (Wildman–Crippen LogP) is 4.60. The zero-order chi connectivity index (χ0) is 17.7. The molecular formula is C18H18F3NO2. The molecule has 0 aliphatic carbocycles. The van der Waals surface area contributed by atoms with Crippen LogP contribution in [0, 0.1) is 0 Å². The number of halogens is 3. The molecular weight excluding hydrogens is 319 g/mol. The Kier molecular flexibility index (Phi) is 5.49. The van der Waals surface area contributed by atoms with E-state index in [1.165, 1.54) is 6.07 Å². The number of amides is 1. The minimum absolute atomic E-state index is 0.358. The predicted molar refractivity (Wildman–Crippen MR) is 84.9 cm³/mol. The summed E-state index contributed by atoms with van der Waals surface area (Å²) in [6.07, 6.45) is -4.41. The molecule has 3 nitrogen and oxygen atoms in total. The second kappa shape index (κ2) is 7.38. The summed E-state index contributed by atoms with van der Waals surface area (Å²) in [7, 11) is 0. The quantitative estimate of drug-likeness (QED) is 0.866. The maximum absolute atomic E-state index is 12.8. The average molecular weight is 337 g/mol. The van der Waals surface area contributed by atoms with Gasteiger partial charge in [0.15, 0.2) is 0 Å². The highest BCUT2D eigenvalue weighted by Gasteiger charge is 2.30. The lowest BCUT2D eigenvalue weighted by Gasteiger charge is -2.16. The van der Waals surface area contributed by atoms with E-state index in [2.05, 4.69) is 5.32 Å². The van der Waals surface area contributed by atoms with Crippen molar-refractivity contribution in [3.05, 3.63) is 65.2 Å². The van der Waals surface area contributed by atoms with Crippen molar-refractivity contribution in [1.29, 1.82) is 0 Å². The lowest BCUT2D eigenvalue weighted by Crippen LogP contribution is -2.26. The molecule has 2 aromatic rings. The van der Waals surface area contributed by atoms with Crippen LogP contribution in [0.4, 0.5) is 13.2 Å². The Balaban J connectivity index is 2.08. The minimum Gasteiger partial charge on any atom is -0.494 e. The molecule has 0 saturated heterocycles. The molecule has 1 unspecified atom stereocenters. The van der Waals surface area contributed by atoms with E-state index in [1.54, 1.807) is 37.3 Å². The van der Waals surface area contributed by atoms with Gasteiger partial charge in [-0.05, 0) is 55.8 Å². The molecule has 0 bridgehead atoms. The molecule has 0 aliphatic heterocycles. The zero-order valence-electron chi connectivity index (χ0n) is 13.4. The van der Waals surface area contributed by atoms with Crippen molar-refractivity contribution in [1.82, 2.24) is 5.32 Å². The second-order valence-corrected chi connectivity index (χ2v) is 5.28. The Morgan fingerprint density at radius 2 is 1.83 bits per heavy atom. The van der Waals surface area contributed by atoms with Crippen LogP contribution in [0.1, 0.15) is 41.4 Å². The zero-order valence-corrected chi connectivity index (χ0v) is 13.4. The van der Waals surface area contributed by atoms with Gasteiger partial charge in [0.05, 0.1) is 18.2 Å². The van der Waals surface area contributed by atoms with Crippen molar-refractivity contribution >= 4 is 5.91 Å². The van der Waals surface area contributed by atoms with Crippen LogP contribution < -0.4 is 10.1 Å². The molecule has 0 saturated carbocycles. The highest BCUT2D eigenvalue weighted by molar-refractivity contribution is 5.94. The van der Waals surface area contributed by atoms with Crippen LogP contribution in [-0.4, -0.2) is 12.5 Å². The number of alkyl halides is 3. The highest BCUT2D eigenvalue weighted by Crippen LogP contribution is 2.30. The summed E-state index contributed by atoms with van der Waals surface area (Å²) >= 11 is 0. The fraction of sp³-hybridized carbons (Fsp3) is 0.278. The number of nitrogens with one attached hydrogen (secondary N) is 1. The first-order valence-corrected chi connectivity index (χ1v) is 7.52. The topological polar surface area (TPSA) is 38.3 Å². The number of carbonyl (C=O) groups excluding carboxylic acids is 1. The Morgan fingerprint density at radius 1 is 1.17 bits per heavy atom. The third kappa shape index (κ3) is 4.50. The Labute approximate surface area is 138 Å². The third-order valence-electron chi connectivity index (χ3n) is 3.49. The summed E-state index contributed by atoms with van der Waals surface area (Å²) in [5, 5.41) is 2.70. The molecule has 128 valence electrons. The molecule has 1 N–H and O–H groups in total. The van der Waals surface area contributed by atoms with Gasteiger partial charge in [-0.3, -0.25) is 4.79 Å². The van der Waals surface area contributed by atoms with E-state index in [1.807, 2.05) is 6.92 Å². The van der Waals surface area contributed by atoms with Gasteiger partial charge in [-0.2, -0.15) is 13.2 Å². The van der Waals surface area contributed by atoms with Gasteiger partial charge in [-0.25, -0.2) is 0 Å². The van der Waals surface area contributed by atoms with Crippen molar-refractivity contribution in [2.24, 2.45) is 0 Å². The summed E-state index contributed by atoms with van der Waals surface area (Å²) in [6, 6.07) is 11.0. The summed E-state index contributed by atoms with van der Waals surface area (Å²) in [5.41, 5.74) is 0.0727. The largest absolute Gasteiger partial charge is 0.494 e. The summed E-state index contributed by atoms with van der Waals surface area (Å²) in [5.74, 6) is 0.294. The lowest BCUT2D eigenvalue weighted by molar-refractivity contribution is -0.137. The molecule has 24 heavy (non-hydrogen) atoms. The molecule has 0 aliphatic rings. The number of benzene rings is 2. The van der Waals surface area contributed by atoms with Gasteiger partial charge >= 0.3 is 6.18 Å². The monoisotopic (exact) mass is 337 g/mol. The van der Waals surface area contributed by atoms with Crippen molar-refractivity contribution in [3.63, 3.8) is 0 Å². The number of rotatable bonds is 5. The van der Waals surface area contributed by atoms with Gasteiger partial charge in [-0.15, -0.1) is 0 Å². The molecule has 1 amide bonds. The van der Waals surface area contributed by atoms with Gasteiger partial charge in [0.2, 0.25) is 0 Å². The maximum Gasteiger partial charge on any atom is 0.416 e. The van der Waals surface area contributed by atoms with E-state index in [0.29, 0.717) is 23.5 Å². The van der Waals surface area contributed by atoms with Crippen LogP contribution in [0.5, 0.6) is 5.75 Å². The molecule has 2 rings (SSSR count). The van der Waals surface area contributed by atoms with Crippen LogP contribution in [0.15, 0.2) is 48.5 Å². The Morgan fingerprint density at radius 3 is 2.42 bits per heavy atom. The maximum atomic E-state index is 12.8. The first-order chi connectivity index (χ1) is 11.3. The van der Waals surface area contributed by atoms with Crippen molar-refractivity contribution in [2.45, 2.75) is 26.1 Å². The summed E-state index contributed by atoms with van der Waals surface area (Å²) < 4.78 is 43.6. The normalized spacial score (nSPS) is 12.5. The number of carbonyl (C=O) groups is 1. The molecule has 6 heteroatoms. The average Bonchev–Trinajstić information content (AvgIpc) is 2.55. The van der Waals surface area contributed by atoms with Crippen LogP contribution in [0.3, 0.4) is 0 Å². The van der Waals surface area contributed by atoms with E-state index in [0.717, 1.165) is 12.1 Å². The first kappa shape index (κ1) is 17.8. The van der Waals surface area contributed by atoms with Crippen LogP contribution in [-0.2, 0) is 6.18 Å². The molecule has 0 heterocycles. The highest BCUT2D eigenvalue weighted by atomic mass is 19.4. The van der Waals surface area contributed by atoms with Crippen molar-refractivity contribution in [2.75, 3.05) is 6.61 Å².